The Morgan fingerprint density at radius 1 is 1.12 bits per heavy atom. The molecule has 2 saturated heterocycles. The average Bonchev–Trinajstić information content (AvgIpc) is 3.46. The summed E-state index contributed by atoms with van der Waals surface area (Å²) in [4.78, 5) is 10.9. The van der Waals surface area contributed by atoms with Crippen LogP contribution in [-0.2, 0) is 0 Å². The third kappa shape index (κ3) is 3.39. The van der Waals surface area contributed by atoms with Crippen LogP contribution in [0, 0.1) is 0 Å². The van der Waals surface area contributed by atoms with Crippen LogP contribution in [0.15, 0.2) is 55.0 Å². The summed E-state index contributed by atoms with van der Waals surface area (Å²) in [6.45, 7) is 0. The molecule has 2 bridgehead atoms. The monoisotopic (exact) mass is 445 g/mol. The lowest BCUT2D eigenvalue weighted by Crippen LogP contribution is -2.55. The Labute approximate surface area is 190 Å². The van der Waals surface area contributed by atoms with Crippen molar-refractivity contribution < 1.29 is 9.50 Å². The molecule has 3 aromatic heterocycles. The number of phenols is 1. The fraction of sp³-hybridized carbons (Fsp3) is 0.333. The summed E-state index contributed by atoms with van der Waals surface area (Å²) in [6, 6.07) is 11.1. The molecule has 6 rings (SSSR count). The van der Waals surface area contributed by atoms with Crippen LogP contribution in [0.1, 0.15) is 19.3 Å². The molecule has 8 nitrogen and oxygen atoms in total. The number of pyridine rings is 1. The van der Waals surface area contributed by atoms with E-state index in [0.29, 0.717) is 28.9 Å². The predicted octanol–water partition coefficient (Wildman–Crippen LogP) is 3.23. The zero-order chi connectivity index (χ0) is 22.5. The highest BCUT2D eigenvalue weighted by atomic mass is 19.1. The fourth-order valence-corrected chi connectivity index (χ4v) is 5.09. The van der Waals surface area contributed by atoms with E-state index < -0.39 is 6.17 Å². The van der Waals surface area contributed by atoms with E-state index in [0.717, 1.165) is 30.5 Å². The van der Waals surface area contributed by atoms with E-state index in [-0.39, 0.29) is 17.8 Å². The number of benzene rings is 1. The molecular formula is C24H24FN7O. The van der Waals surface area contributed by atoms with E-state index in [4.69, 9.17) is 0 Å². The van der Waals surface area contributed by atoms with Gasteiger partial charge < -0.3 is 15.3 Å². The normalized spacial score (nSPS) is 24.3. The van der Waals surface area contributed by atoms with Crippen molar-refractivity contribution in [3.8, 4) is 28.4 Å². The zero-order valence-corrected chi connectivity index (χ0v) is 18.1. The van der Waals surface area contributed by atoms with Crippen molar-refractivity contribution in [3.63, 3.8) is 0 Å². The number of anilines is 1. The second-order valence-corrected chi connectivity index (χ2v) is 8.85. The lowest BCUT2D eigenvalue weighted by molar-refractivity contribution is 0.176. The van der Waals surface area contributed by atoms with Crippen LogP contribution in [0.2, 0.25) is 0 Å². The molecule has 5 heterocycles. The number of phenolic OH excluding ortho intramolecular Hbond substituents is 1. The first kappa shape index (κ1) is 20.0. The van der Waals surface area contributed by atoms with Crippen LogP contribution in [0.4, 0.5) is 10.2 Å². The minimum Gasteiger partial charge on any atom is -0.507 e. The van der Waals surface area contributed by atoms with Crippen molar-refractivity contribution in [2.75, 3.05) is 11.9 Å². The second kappa shape index (κ2) is 7.77. The average molecular weight is 446 g/mol. The lowest BCUT2D eigenvalue weighted by atomic mass is 9.96. The van der Waals surface area contributed by atoms with Crippen molar-refractivity contribution in [2.24, 2.45) is 0 Å². The molecule has 1 aromatic carbocycles. The van der Waals surface area contributed by atoms with Gasteiger partial charge in [0.25, 0.3) is 0 Å². The van der Waals surface area contributed by atoms with E-state index in [1.54, 1.807) is 24.5 Å². The molecule has 2 fully saturated rings. The molecule has 0 radical (unpaired) electrons. The summed E-state index contributed by atoms with van der Waals surface area (Å²) < 4.78 is 16.8. The zero-order valence-electron chi connectivity index (χ0n) is 18.1. The number of hydrogen-bond acceptors (Lipinski definition) is 7. The molecule has 0 unspecified atom stereocenters. The number of aromatic nitrogens is 5. The topological polar surface area (TPSA) is 91.5 Å². The van der Waals surface area contributed by atoms with Gasteiger partial charge in [0.05, 0.1) is 24.1 Å². The van der Waals surface area contributed by atoms with Gasteiger partial charge in [-0.05, 0) is 43.5 Å². The molecule has 0 amide bonds. The Hall–Kier alpha value is -3.59. The Balaban J connectivity index is 1.25. The van der Waals surface area contributed by atoms with Gasteiger partial charge in [0, 0.05) is 36.5 Å². The molecule has 4 aromatic rings. The van der Waals surface area contributed by atoms with Crippen molar-refractivity contribution in [1.29, 1.82) is 0 Å². The number of nitrogens with one attached hydrogen (secondary N) is 1. The molecule has 0 aliphatic carbocycles. The quantitative estimate of drug-likeness (QED) is 0.498. The Morgan fingerprint density at radius 2 is 2.03 bits per heavy atom. The van der Waals surface area contributed by atoms with Gasteiger partial charge in [-0.25, -0.2) is 9.37 Å². The maximum absolute atomic E-state index is 14.9. The molecule has 33 heavy (non-hydrogen) atoms. The summed E-state index contributed by atoms with van der Waals surface area (Å²) in [7, 11) is 1.88. The van der Waals surface area contributed by atoms with Crippen LogP contribution in [0.5, 0.6) is 5.75 Å². The highest BCUT2D eigenvalue weighted by Gasteiger charge is 2.43. The highest BCUT2D eigenvalue weighted by Crippen LogP contribution is 2.34. The van der Waals surface area contributed by atoms with Gasteiger partial charge in [-0.2, -0.15) is 0 Å². The molecule has 168 valence electrons. The standard InChI is InChI=1S/C24H24FN7O/c1-31(19-11-15-6-8-17(28-15)23(19)25)22-13-26-18(12-27-22)16-7-5-14(10-20(16)33)24-30-29-21-4-2-3-9-32(21)24/h2-5,7,9-10,12-13,15,17,19,23,28,33H,6,8,11H2,1H3/t15-,17+,19-,23+/m1/s1. The van der Waals surface area contributed by atoms with Gasteiger partial charge in [0.15, 0.2) is 11.5 Å². The maximum Gasteiger partial charge on any atom is 0.168 e. The maximum atomic E-state index is 14.9. The van der Waals surface area contributed by atoms with Gasteiger partial charge in [0.1, 0.15) is 17.7 Å². The predicted molar refractivity (Wildman–Crippen MR) is 123 cm³/mol. The number of alkyl halides is 1. The van der Waals surface area contributed by atoms with Crippen molar-refractivity contribution in [2.45, 2.75) is 43.6 Å². The van der Waals surface area contributed by atoms with E-state index >= 15 is 0 Å². The van der Waals surface area contributed by atoms with E-state index in [1.165, 1.54) is 0 Å². The summed E-state index contributed by atoms with van der Waals surface area (Å²) >= 11 is 0. The number of rotatable bonds is 4. The van der Waals surface area contributed by atoms with Crippen LogP contribution >= 0.6 is 0 Å². The lowest BCUT2D eigenvalue weighted by Gasteiger charge is -2.38. The van der Waals surface area contributed by atoms with Gasteiger partial charge in [-0.1, -0.05) is 12.1 Å². The van der Waals surface area contributed by atoms with Crippen molar-refractivity contribution in [1.82, 2.24) is 29.9 Å². The molecule has 2 N–H and O–H groups in total. The van der Waals surface area contributed by atoms with Gasteiger partial charge in [-0.15, -0.1) is 10.2 Å². The van der Waals surface area contributed by atoms with E-state index in [2.05, 4.69) is 25.5 Å². The van der Waals surface area contributed by atoms with Crippen LogP contribution in [-0.4, -0.2) is 61.0 Å². The first-order valence-electron chi connectivity index (χ1n) is 11.2. The molecule has 2 aliphatic rings. The van der Waals surface area contributed by atoms with Gasteiger partial charge >= 0.3 is 0 Å². The number of halogens is 1. The number of piperidine rings is 1. The number of aromatic hydroxyl groups is 1. The van der Waals surface area contributed by atoms with Crippen LogP contribution in [0.3, 0.4) is 0 Å². The van der Waals surface area contributed by atoms with Gasteiger partial charge in [-0.3, -0.25) is 9.38 Å². The first-order chi connectivity index (χ1) is 16.1. The third-order valence-electron chi connectivity index (χ3n) is 6.90. The minimum absolute atomic E-state index is 0.0682. The number of hydrogen-bond donors (Lipinski definition) is 2. The Kier molecular flexibility index (Phi) is 4.72. The summed E-state index contributed by atoms with van der Waals surface area (Å²) in [5.41, 5.74) is 2.59. The summed E-state index contributed by atoms with van der Waals surface area (Å²) in [5.74, 6) is 1.35. The summed E-state index contributed by atoms with van der Waals surface area (Å²) in [5, 5.41) is 22.5. The minimum atomic E-state index is -0.931. The van der Waals surface area contributed by atoms with Crippen molar-refractivity contribution in [3.05, 3.63) is 55.0 Å². The third-order valence-corrected chi connectivity index (χ3v) is 6.90. The highest BCUT2D eigenvalue weighted by molar-refractivity contribution is 5.72. The summed E-state index contributed by atoms with van der Waals surface area (Å²) in [6.07, 6.45) is 6.89. The number of nitrogens with zero attached hydrogens (tertiary/aromatic N) is 6. The fourth-order valence-electron chi connectivity index (χ4n) is 5.09. The van der Waals surface area contributed by atoms with E-state index in [1.807, 2.05) is 46.8 Å². The molecule has 0 saturated carbocycles. The molecule has 2 aliphatic heterocycles. The SMILES string of the molecule is CN(c1cnc(-c2ccc(-c3nnc4ccccn34)cc2O)cn1)[C@@H]1C[C@H]2CC[C@H](N2)[C@@H]1F. The van der Waals surface area contributed by atoms with Crippen LogP contribution in [0.25, 0.3) is 28.3 Å². The van der Waals surface area contributed by atoms with E-state index in [9.17, 15) is 9.50 Å². The first-order valence-corrected chi connectivity index (χ1v) is 11.2. The Bertz CT molecular complexity index is 1310. The molecule has 9 heteroatoms. The molecular weight excluding hydrogens is 421 g/mol. The molecule has 4 atom stereocenters. The van der Waals surface area contributed by atoms with Crippen LogP contribution < -0.4 is 10.2 Å². The van der Waals surface area contributed by atoms with Crippen molar-refractivity contribution >= 4 is 11.5 Å². The molecule has 0 spiro atoms. The largest absolute Gasteiger partial charge is 0.507 e. The number of fused-ring (bicyclic) bond motifs is 3. The Morgan fingerprint density at radius 3 is 2.85 bits per heavy atom. The van der Waals surface area contributed by atoms with Gasteiger partial charge in [0.2, 0.25) is 0 Å². The smallest absolute Gasteiger partial charge is 0.168 e. The second-order valence-electron chi connectivity index (χ2n) is 8.85.